The van der Waals surface area contributed by atoms with Crippen LogP contribution in [0.2, 0.25) is 0 Å². The average Bonchev–Trinajstić information content (AvgIpc) is 2.93. The van der Waals surface area contributed by atoms with Crippen molar-refractivity contribution in [2.75, 3.05) is 18.0 Å². The number of thiazole rings is 1. The average molecular weight is 310 g/mol. The Balaban J connectivity index is 2.15. The van der Waals surface area contributed by atoms with Crippen molar-refractivity contribution in [3.63, 3.8) is 0 Å². The van der Waals surface area contributed by atoms with E-state index in [0.717, 1.165) is 23.8 Å². The summed E-state index contributed by atoms with van der Waals surface area (Å²) in [7, 11) is 0. The van der Waals surface area contributed by atoms with E-state index in [9.17, 15) is 9.59 Å². The number of carbonyl (C=O) groups is 2. The largest absolute Gasteiger partial charge is 0.327 e. The van der Waals surface area contributed by atoms with Crippen LogP contribution in [0.15, 0.2) is 5.38 Å². The molecule has 2 rings (SSSR count). The highest BCUT2D eigenvalue weighted by Gasteiger charge is 2.34. The third kappa shape index (κ3) is 3.59. The number of hydrogen-bond donors (Lipinski definition) is 2. The second kappa shape index (κ2) is 7.00. The topological polar surface area (TPSA) is 74.3 Å². The Morgan fingerprint density at radius 2 is 2.29 bits per heavy atom. The summed E-state index contributed by atoms with van der Waals surface area (Å²) in [6.07, 6.45) is 1.72. The summed E-state index contributed by atoms with van der Waals surface area (Å²) < 4.78 is 0. The minimum Gasteiger partial charge on any atom is -0.327 e. The molecule has 6 nitrogen and oxygen atoms in total. The van der Waals surface area contributed by atoms with Gasteiger partial charge in [-0.3, -0.25) is 14.9 Å². The summed E-state index contributed by atoms with van der Waals surface area (Å²) >= 11 is 1.48. The van der Waals surface area contributed by atoms with Gasteiger partial charge in [0.15, 0.2) is 5.13 Å². The van der Waals surface area contributed by atoms with Crippen LogP contribution in [-0.2, 0) is 9.59 Å². The van der Waals surface area contributed by atoms with Crippen molar-refractivity contribution in [1.29, 1.82) is 0 Å². The van der Waals surface area contributed by atoms with E-state index in [0.29, 0.717) is 6.42 Å². The fraction of sp³-hybridized carbons (Fsp3) is 0.643. The van der Waals surface area contributed by atoms with Gasteiger partial charge in [0, 0.05) is 11.4 Å². The lowest BCUT2D eigenvalue weighted by Crippen LogP contribution is -2.58. The number of imide groups is 1. The minimum atomic E-state index is -0.319. The molecule has 21 heavy (non-hydrogen) atoms. The van der Waals surface area contributed by atoms with Gasteiger partial charge in [-0.25, -0.2) is 4.98 Å². The highest BCUT2D eigenvalue weighted by Crippen LogP contribution is 2.27. The third-order valence-electron chi connectivity index (χ3n) is 3.54. The number of nitrogens with one attached hydrogen (secondary N) is 2. The molecule has 0 bridgehead atoms. The molecule has 7 heteroatoms. The number of nitrogens with zero attached hydrogens (tertiary/aromatic N) is 2. The van der Waals surface area contributed by atoms with E-state index in [1.807, 2.05) is 17.2 Å². The summed E-state index contributed by atoms with van der Waals surface area (Å²) in [5.41, 5.74) is 0.955. The molecule has 2 atom stereocenters. The molecule has 1 aromatic rings. The molecule has 1 fully saturated rings. The summed E-state index contributed by atoms with van der Waals surface area (Å²) in [5.74, 6) is -0.499. The zero-order valence-corrected chi connectivity index (χ0v) is 13.5. The Kier molecular flexibility index (Phi) is 5.30. The first kappa shape index (κ1) is 15.9. The Morgan fingerprint density at radius 3 is 2.95 bits per heavy atom. The molecule has 0 aliphatic carbocycles. The highest BCUT2D eigenvalue weighted by molar-refractivity contribution is 7.13. The van der Waals surface area contributed by atoms with Crippen molar-refractivity contribution in [3.8, 4) is 0 Å². The lowest BCUT2D eigenvalue weighted by Gasteiger charge is -2.33. The molecular formula is C14H22N4O2S. The number of carbonyl (C=O) groups excluding carboxylic acids is 2. The van der Waals surface area contributed by atoms with Gasteiger partial charge in [-0.15, -0.1) is 11.3 Å². The number of anilines is 1. The SMILES string of the molecule is CCCNC(C)c1csc(N2CC(=O)NC(=O)C2CC)n1. The molecule has 1 aliphatic rings. The van der Waals surface area contributed by atoms with E-state index in [4.69, 9.17) is 0 Å². The third-order valence-corrected chi connectivity index (χ3v) is 4.44. The van der Waals surface area contributed by atoms with Crippen molar-refractivity contribution in [3.05, 3.63) is 11.1 Å². The highest BCUT2D eigenvalue weighted by atomic mass is 32.1. The van der Waals surface area contributed by atoms with Crippen LogP contribution in [-0.4, -0.2) is 35.9 Å². The molecule has 0 spiro atoms. The maximum absolute atomic E-state index is 11.9. The van der Waals surface area contributed by atoms with E-state index in [-0.39, 0.29) is 30.4 Å². The van der Waals surface area contributed by atoms with Crippen LogP contribution in [0.4, 0.5) is 5.13 Å². The molecule has 2 unspecified atom stereocenters. The molecule has 1 aliphatic heterocycles. The van der Waals surface area contributed by atoms with Gasteiger partial charge in [-0.1, -0.05) is 13.8 Å². The summed E-state index contributed by atoms with van der Waals surface area (Å²) in [6.45, 7) is 7.26. The molecule has 0 aromatic carbocycles. The molecule has 1 saturated heterocycles. The Bertz CT molecular complexity index is 517. The maximum atomic E-state index is 11.9. The second-order valence-corrected chi connectivity index (χ2v) is 6.03. The van der Waals surface area contributed by atoms with Crippen molar-refractivity contribution in [2.24, 2.45) is 0 Å². The fourth-order valence-electron chi connectivity index (χ4n) is 2.35. The second-order valence-electron chi connectivity index (χ2n) is 5.20. The van der Waals surface area contributed by atoms with E-state index in [2.05, 4.69) is 29.5 Å². The molecule has 2 N–H and O–H groups in total. The Morgan fingerprint density at radius 1 is 1.52 bits per heavy atom. The van der Waals surface area contributed by atoms with Crippen LogP contribution in [0, 0.1) is 0 Å². The number of hydrogen-bond acceptors (Lipinski definition) is 6. The van der Waals surface area contributed by atoms with Gasteiger partial charge >= 0.3 is 0 Å². The monoisotopic (exact) mass is 310 g/mol. The summed E-state index contributed by atoms with van der Waals surface area (Å²) in [4.78, 5) is 29.9. The van der Waals surface area contributed by atoms with Crippen molar-refractivity contribution in [2.45, 2.75) is 45.7 Å². The van der Waals surface area contributed by atoms with E-state index < -0.39 is 0 Å². The van der Waals surface area contributed by atoms with Crippen molar-refractivity contribution < 1.29 is 9.59 Å². The first-order chi connectivity index (χ1) is 10.1. The van der Waals surface area contributed by atoms with E-state index in [1.165, 1.54) is 11.3 Å². The van der Waals surface area contributed by atoms with Crippen LogP contribution >= 0.6 is 11.3 Å². The smallest absolute Gasteiger partial charge is 0.249 e. The van der Waals surface area contributed by atoms with Crippen molar-refractivity contribution >= 4 is 28.3 Å². The Labute approximate surface area is 128 Å². The molecular weight excluding hydrogens is 288 g/mol. The molecule has 116 valence electrons. The predicted molar refractivity (Wildman–Crippen MR) is 83.4 cm³/mol. The number of piperazine rings is 1. The minimum absolute atomic E-state index is 0.171. The van der Waals surface area contributed by atoms with Gasteiger partial charge in [0.05, 0.1) is 5.69 Å². The molecule has 0 saturated carbocycles. The zero-order chi connectivity index (χ0) is 15.4. The normalized spacial score (nSPS) is 20.5. The van der Waals surface area contributed by atoms with Crippen LogP contribution < -0.4 is 15.5 Å². The van der Waals surface area contributed by atoms with Crippen LogP contribution in [0.25, 0.3) is 0 Å². The maximum Gasteiger partial charge on any atom is 0.249 e. The number of amides is 2. The number of aromatic nitrogens is 1. The van der Waals surface area contributed by atoms with Gasteiger partial charge in [0.1, 0.15) is 12.6 Å². The van der Waals surface area contributed by atoms with Crippen LogP contribution in [0.3, 0.4) is 0 Å². The van der Waals surface area contributed by atoms with Crippen LogP contribution in [0.1, 0.15) is 45.3 Å². The first-order valence-electron chi connectivity index (χ1n) is 7.35. The molecule has 2 amide bonds. The zero-order valence-electron chi connectivity index (χ0n) is 12.7. The Hall–Kier alpha value is -1.47. The van der Waals surface area contributed by atoms with Gasteiger partial charge in [-0.05, 0) is 26.3 Å². The van der Waals surface area contributed by atoms with E-state index >= 15 is 0 Å². The fourth-order valence-corrected chi connectivity index (χ4v) is 3.31. The van der Waals surface area contributed by atoms with Gasteiger partial charge in [0.2, 0.25) is 11.8 Å². The van der Waals surface area contributed by atoms with Gasteiger partial charge < -0.3 is 10.2 Å². The first-order valence-corrected chi connectivity index (χ1v) is 8.23. The molecule has 2 heterocycles. The lowest BCUT2D eigenvalue weighted by atomic mass is 10.1. The van der Waals surface area contributed by atoms with Crippen molar-refractivity contribution in [1.82, 2.24) is 15.6 Å². The predicted octanol–water partition coefficient (Wildman–Crippen LogP) is 1.45. The molecule has 0 radical (unpaired) electrons. The van der Waals surface area contributed by atoms with Gasteiger partial charge in [-0.2, -0.15) is 0 Å². The summed E-state index contributed by atoms with van der Waals surface area (Å²) in [5, 5.41) is 8.50. The van der Waals surface area contributed by atoms with Crippen LogP contribution in [0.5, 0.6) is 0 Å². The quantitative estimate of drug-likeness (QED) is 0.778. The lowest BCUT2D eigenvalue weighted by molar-refractivity contribution is -0.132. The summed E-state index contributed by atoms with van der Waals surface area (Å²) in [6, 6.07) is -0.148. The van der Waals surface area contributed by atoms with Gasteiger partial charge in [0.25, 0.3) is 0 Å². The molecule has 1 aromatic heterocycles. The van der Waals surface area contributed by atoms with E-state index in [1.54, 1.807) is 0 Å². The number of rotatable bonds is 6. The standard InChI is InChI=1S/C14H22N4O2S/c1-4-6-15-9(3)10-8-21-14(16-10)18-7-12(19)17-13(20)11(18)5-2/h8-9,11,15H,4-7H2,1-3H3,(H,17,19,20).